The second-order valence-corrected chi connectivity index (χ2v) is 3.72. The molecule has 2 nitrogen and oxygen atoms in total. The van der Waals surface area contributed by atoms with Gasteiger partial charge in [-0.3, -0.25) is 0 Å². The Labute approximate surface area is 69.3 Å². The summed E-state index contributed by atoms with van der Waals surface area (Å²) in [5.41, 5.74) is 0. The number of rotatable bonds is 3. The molecular formula is C9H19NO. The lowest BCUT2D eigenvalue weighted by atomic mass is 10.1. The Kier molecular flexibility index (Phi) is 3.87. The lowest BCUT2D eigenvalue weighted by Crippen LogP contribution is -2.38. The summed E-state index contributed by atoms with van der Waals surface area (Å²) in [5, 5.41) is 3.50. The van der Waals surface area contributed by atoms with Crippen molar-refractivity contribution in [3.8, 4) is 0 Å². The summed E-state index contributed by atoms with van der Waals surface area (Å²) in [6.45, 7) is 7.45. The van der Waals surface area contributed by atoms with Crippen molar-refractivity contribution in [3.05, 3.63) is 0 Å². The van der Waals surface area contributed by atoms with Crippen LogP contribution in [-0.2, 0) is 4.74 Å². The minimum Gasteiger partial charge on any atom is -0.380 e. The molecule has 0 saturated carbocycles. The molecule has 1 rings (SSSR count). The minimum absolute atomic E-state index is 0.617. The highest BCUT2D eigenvalue weighted by Gasteiger charge is 2.12. The molecule has 1 heterocycles. The van der Waals surface area contributed by atoms with Crippen LogP contribution in [-0.4, -0.2) is 25.8 Å². The van der Waals surface area contributed by atoms with Gasteiger partial charge in [-0.25, -0.2) is 0 Å². The summed E-state index contributed by atoms with van der Waals surface area (Å²) in [6, 6.07) is 0.617. The van der Waals surface area contributed by atoms with Gasteiger partial charge in [0.2, 0.25) is 0 Å². The summed E-state index contributed by atoms with van der Waals surface area (Å²) in [6.07, 6.45) is 2.50. The zero-order valence-corrected chi connectivity index (χ0v) is 7.60. The molecule has 1 atom stereocenters. The first-order valence-electron chi connectivity index (χ1n) is 4.60. The fourth-order valence-electron chi connectivity index (χ4n) is 1.30. The Morgan fingerprint density at radius 3 is 2.91 bits per heavy atom. The van der Waals surface area contributed by atoms with Crippen molar-refractivity contribution in [2.24, 2.45) is 5.92 Å². The monoisotopic (exact) mass is 157 g/mol. The summed E-state index contributed by atoms with van der Waals surface area (Å²) >= 11 is 0. The molecule has 66 valence electrons. The van der Waals surface area contributed by atoms with Crippen LogP contribution in [0.5, 0.6) is 0 Å². The van der Waals surface area contributed by atoms with Gasteiger partial charge in [0.05, 0.1) is 6.61 Å². The molecule has 1 fully saturated rings. The maximum atomic E-state index is 5.35. The molecule has 0 spiro atoms. The Morgan fingerprint density at radius 1 is 1.55 bits per heavy atom. The number of nitrogens with one attached hydrogen (secondary N) is 1. The van der Waals surface area contributed by atoms with Crippen LogP contribution < -0.4 is 5.32 Å². The minimum atomic E-state index is 0.617. The maximum absolute atomic E-state index is 5.35. The predicted octanol–water partition coefficient (Wildman–Crippen LogP) is 1.41. The van der Waals surface area contributed by atoms with Gasteiger partial charge in [-0.1, -0.05) is 13.8 Å². The second-order valence-electron chi connectivity index (χ2n) is 3.72. The van der Waals surface area contributed by atoms with Crippen LogP contribution in [0.3, 0.4) is 0 Å². The first-order chi connectivity index (χ1) is 5.29. The third kappa shape index (κ3) is 3.73. The molecule has 0 aromatic rings. The molecule has 0 aliphatic carbocycles. The topological polar surface area (TPSA) is 21.3 Å². The van der Waals surface area contributed by atoms with E-state index in [1.54, 1.807) is 0 Å². The van der Waals surface area contributed by atoms with Crippen LogP contribution in [0, 0.1) is 5.92 Å². The lowest BCUT2D eigenvalue weighted by molar-refractivity contribution is 0.0696. The van der Waals surface area contributed by atoms with Gasteiger partial charge >= 0.3 is 0 Å². The largest absolute Gasteiger partial charge is 0.380 e. The van der Waals surface area contributed by atoms with Crippen LogP contribution in [0.2, 0.25) is 0 Å². The van der Waals surface area contributed by atoms with E-state index >= 15 is 0 Å². The van der Waals surface area contributed by atoms with Gasteiger partial charge in [0.25, 0.3) is 0 Å². The van der Waals surface area contributed by atoms with Gasteiger partial charge in [-0.15, -0.1) is 0 Å². The fourth-order valence-corrected chi connectivity index (χ4v) is 1.30. The van der Waals surface area contributed by atoms with E-state index in [2.05, 4.69) is 19.2 Å². The van der Waals surface area contributed by atoms with E-state index in [0.29, 0.717) is 6.04 Å². The Balaban J connectivity index is 2.05. The molecule has 1 N–H and O–H groups in total. The lowest BCUT2D eigenvalue weighted by Gasteiger charge is -2.23. The van der Waals surface area contributed by atoms with Gasteiger partial charge in [0, 0.05) is 12.6 Å². The predicted molar refractivity (Wildman–Crippen MR) is 46.7 cm³/mol. The van der Waals surface area contributed by atoms with E-state index in [9.17, 15) is 0 Å². The van der Waals surface area contributed by atoms with Crippen molar-refractivity contribution in [1.29, 1.82) is 0 Å². The molecule has 0 radical (unpaired) electrons. The molecule has 0 amide bonds. The van der Waals surface area contributed by atoms with Crippen molar-refractivity contribution in [2.45, 2.75) is 32.7 Å². The number of ether oxygens (including phenoxy) is 1. The highest BCUT2D eigenvalue weighted by molar-refractivity contribution is 4.70. The standard InChI is InChI=1S/C9H19NO/c1-8(2)6-10-9-4-3-5-11-7-9/h8-10H,3-7H2,1-2H3/t9-/m1/s1. The van der Waals surface area contributed by atoms with Crippen molar-refractivity contribution in [3.63, 3.8) is 0 Å². The molecule has 0 bridgehead atoms. The summed E-state index contributed by atoms with van der Waals surface area (Å²) in [5.74, 6) is 0.747. The van der Waals surface area contributed by atoms with Gasteiger partial charge in [-0.2, -0.15) is 0 Å². The van der Waals surface area contributed by atoms with Crippen molar-refractivity contribution in [2.75, 3.05) is 19.8 Å². The molecule has 2 heteroatoms. The highest BCUT2D eigenvalue weighted by Crippen LogP contribution is 2.05. The first-order valence-corrected chi connectivity index (χ1v) is 4.60. The molecule has 11 heavy (non-hydrogen) atoms. The molecule has 0 aromatic carbocycles. The zero-order chi connectivity index (χ0) is 8.10. The van der Waals surface area contributed by atoms with Gasteiger partial charge < -0.3 is 10.1 Å². The van der Waals surface area contributed by atoms with Crippen LogP contribution in [0.15, 0.2) is 0 Å². The number of hydrogen-bond acceptors (Lipinski definition) is 2. The van der Waals surface area contributed by atoms with Gasteiger partial charge in [0.1, 0.15) is 0 Å². The Bertz CT molecular complexity index is 97.7. The fraction of sp³-hybridized carbons (Fsp3) is 1.00. The van der Waals surface area contributed by atoms with E-state index in [-0.39, 0.29) is 0 Å². The van der Waals surface area contributed by atoms with Crippen LogP contribution in [0.4, 0.5) is 0 Å². The van der Waals surface area contributed by atoms with E-state index in [1.807, 2.05) is 0 Å². The molecule has 1 aliphatic heterocycles. The summed E-state index contributed by atoms with van der Waals surface area (Å²) < 4.78 is 5.35. The SMILES string of the molecule is CC(C)CN[C@@H]1CCCOC1. The summed E-state index contributed by atoms with van der Waals surface area (Å²) in [4.78, 5) is 0. The first kappa shape index (κ1) is 9.01. The van der Waals surface area contributed by atoms with Crippen LogP contribution in [0.25, 0.3) is 0 Å². The normalized spacial score (nSPS) is 25.9. The molecule has 1 aliphatic rings. The van der Waals surface area contributed by atoms with Crippen molar-refractivity contribution in [1.82, 2.24) is 5.32 Å². The van der Waals surface area contributed by atoms with Gasteiger partial charge in [-0.05, 0) is 25.3 Å². The average molecular weight is 157 g/mol. The van der Waals surface area contributed by atoms with Crippen LogP contribution >= 0.6 is 0 Å². The molecule has 0 aromatic heterocycles. The van der Waals surface area contributed by atoms with Crippen molar-refractivity contribution >= 4 is 0 Å². The Hall–Kier alpha value is -0.0800. The summed E-state index contributed by atoms with van der Waals surface area (Å²) in [7, 11) is 0. The quantitative estimate of drug-likeness (QED) is 0.669. The molecule has 0 unspecified atom stereocenters. The number of hydrogen-bond donors (Lipinski definition) is 1. The third-order valence-electron chi connectivity index (χ3n) is 1.98. The highest BCUT2D eigenvalue weighted by atomic mass is 16.5. The Morgan fingerprint density at radius 2 is 2.36 bits per heavy atom. The maximum Gasteiger partial charge on any atom is 0.0619 e. The van der Waals surface area contributed by atoms with E-state index in [0.717, 1.165) is 25.7 Å². The van der Waals surface area contributed by atoms with Crippen molar-refractivity contribution < 1.29 is 4.74 Å². The second kappa shape index (κ2) is 4.73. The van der Waals surface area contributed by atoms with E-state index in [4.69, 9.17) is 4.74 Å². The third-order valence-corrected chi connectivity index (χ3v) is 1.98. The zero-order valence-electron chi connectivity index (χ0n) is 7.60. The average Bonchev–Trinajstić information content (AvgIpc) is 2.03. The van der Waals surface area contributed by atoms with Crippen LogP contribution in [0.1, 0.15) is 26.7 Å². The van der Waals surface area contributed by atoms with Gasteiger partial charge in [0.15, 0.2) is 0 Å². The van der Waals surface area contributed by atoms with E-state index in [1.165, 1.54) is 12.8 Å². The van der Waals surface area contributed by atoms with E-state index < -0.39 is 0 Å². The smallest absolute Gasteiger partial charge is 0.0619 e. The molecule has 1 saturated heterocycles. The molecular weight excluding hydrogens is 138 g/mol.